The Morgan fingerprint density at radius 1 is 1.47 bits per heavy atom. The highest BCUT2D eigenvalue weighted by atomic mass is 16.5. The van der Waals surface area contributed by atoms with Gasteiger partial charge in [0, 0.05) is 12.8 Å². The van der Waals surface area contributed by atoms with Crippen molar-refractivity contribution < 1.29 is 14.6 Å². The van der Waals surface area contributed by atoms with Crippen molar-refractivity contribution in [3.63, 3.8) is 0 Å². The third kappa shape index (κ3) is 2.42. The van der Waals surface area contributed by atoms with Gasteiger partial charge in [-0.3, -0.25) is 0 Å². The van der Waals surface area contributed by atoms with E-state index in [1.165, 1.54) is 12.8 Å². The van der Waals surface area contributed by atoms with Crippen LogP contribution in [0.3, 0.4) is 0 Å². The van der Waals surface area contributed by atoms with Gasteiger partial charge in [0.15, 0.2) is 0 Å². The first kappa shape index (κ1) is 12.4. The Morgan fingerprint density at radius 2 is 2.26 bits per heavy atom. The quantitative estimate of drug-likeness (QED) is 0.869. The zero-order chi connectivity index (χ0) is 13.4. The van der Waals surface area contributed by atoms with Crippen molar-refractivity contribution in [2.75, 3.05) is 11.9 Å². The van der Waals surface area contributed by atoms with Crippen molar-refractivity contribution in [1.29, 1.82) is 0 Å². The number of pyridine rings is 1. The van der Waals surface area contributed by atoms with E-state index >= 15 is 0 Å². The van der Waals surface area contributed by atoms with Crippen LogP contribution in [0.1, 0.15) is 35.2 Å². The molecule has 1 saturated carbocycles. The van der Waals surface area contributed by atoms with Gasteiger partial charge in [-0.15, -0.1) is 0 Å². The molecule has 0 bridgehead atoms. The average Bonchev–Trinajstić information content (AvgIpc) is 3.10. The Hall–Kier alpha value is -1.62. The minimum Gasteiger partial charge on any atom is -0.478 e. The topological polar surface area (TPSA) is 71.5 Å². The summed E-state index contributed by atoms with van der Waals surface area (Å²) < 4.78 is 5.75. The van der Waals surface area contributed by atoms with E-state index in [2.05, 4.69) is 10.3 Å². The predicted molar refractivity (Wildman–Crippen MR) is 70.4 cm³/mol. The first-order valence-corrected chi connectivity index (χ1v) is 6.74. The predicted octanol–water partition coefficient (Wildman–Crippen LogP) is 2.07. The molecule has 19 heavy (non-hydrogen) atoms. The minimum absolute atomic E-state index is 0.180. The van der Waals surface area contributed by atoms with Gasteiger partial charge in [0.2, 0.25) is 0 Å². The number of anilines is 1. The van der Waals surface area contributed by atoms with Gasteiger partial charge in [-0.25, -0.2) is 9.78 Å². The monoisotopic (exact) mass is 262 g/mol. The van der Waals surface area contributed by atoms with Crippen LogP contribution < -0.4 is 5.32 Å². The fourth-order valence-corrected chi connectivity index (χ4v) is 2.77. The van der Waals surface area contributed by atoms with Crippen LogP contribution in [0.2, 0.25) is 0 Å². The van der Waals surface area contributed by atoms with Gasteiger partial charge in [0.25, 0.3) is 0 Å². The van der Waals surface area contributed by atoms with Crippen LogP contribution >= 0.6 is 0 Å². The zero-order valence-corrected chi connectivity index (χ0v) is 10.9. The van der Waals surface area contributed by atoms with Crippen LogP contribution in [0.15, 0.2) is 12.3 Å². The molecule has 1 aromatic heterocycles. The molecule has 2 aliphatic rings. The molecular formula is C14H18N2O3. The van der Waals surface area contributed by atoms with Crippen molar-refractivity contribution in [3.05, 3.63) is 23.4 Å². The maximum absolute atomic E-state index is 11.3. The summed E-state index contributed by atoms with van der Waals surface area (Å²) in [5.41, 5.74) is 0.996. The average molecular weight is 262 g/mol. The number of rotatable bonds is 4. The molecule has 2 unspecified atom stereocenters. The highest BCUT2D eigenvalue weighted by Crippen LogP contribution is 2.39. The van der Waals surface area contributed by atoms with E-state index in [4.69, 9.17) is 4.74 Å². The molecule has 2 atom stereocenters. The van der Waals surface area contributed by atoms with Crippen LogP contribution in [0, 0.1) is 12.8 Å². The van der Waals surface area contributed by atoms with E-state index in [-0.39, 0.29) is 17.7 Å². The largest absolute Gasteiger partial charge is 0.478 e. The Kier molecular flexibility index (Phi) is 3.14. The smallest absolute Gasteiger partial charge is 0.339 e. The molecule has 1 aliphatic carbocycles. The van der Waals surface area contributed by atoms with E-state index in [9.17, 15) is 9.90 Å². The number of aromatic carboxylic acids is 1. The van der Waals surface area contributed by atoms with Crippen molar-refractivity contribution >= 4 is 11.8 Å². The summed E-state index contributed by atoms with van der Waals surface area (Å²) >= 11 is 0. The molecule has 1 aliphatic heterocycles. The Balaban J connectivity index is 1.82. The van der Waals surface area contributed by atoms with Crippen LogP contribution in [0.4, 0.5) is 5.82 Å². The lowest BCUT2D eigenvalue weighted by Gasteiger charge is -2.21. The molecule has 1 aromatic rings. The number of aryl methyl sites for hydroxylation is 1. The molecule has 5 heteroatoms. The van der Waals surface area contributed by atoms with Crippen molar-refractivity contribution in [2.24, 2.45) is 5.92 Å². The number of carboxylic acids is 1. The first-order chi connectivity index (χ1) is 9.16. The van der Waals surface area contributed by atoms with Crippen LogP contribution in [-0.2, 0) is 4.74 Å². The lowest BCUT2D eigenvalue weighted by Crippen LogP contribution is -2.32. The lowest BCUT2D eigenvalue weighted by atomic mass is 10.1. The molecule has 3 rings (SSSR count). The SMILES string of the molecule is Cc1ccnc(NC2CCOC2C2CC2)c1C(=O)O. The fraction of sp³-hybridized carbons (Fsp3) is 0.571. The summed E-state index contributed by atoms with van der Waals surface area (Å²) in [5.74, 6) is 0.168. The summed E-state index contributed by atoms with van der Waals surface area (Å²) in [5, 5.41) is 12.6. The van der Waals surface area contributed by atoms with Gasteiger partial charge < -0.3 is 15.2 Å². The normalized spacial score (nSPS) is 26.4. The van der Waals surface area contributed by atoms with Crippen molar-refractivity contribution in [2.45, 2.75) is 38.3 Å². The summed E-state index contributed by atoms with van der Waals surface area (Å²) in [6, 6.07) is 1.90. The van der Waals surface area contributed by atoms with Crippen molar-refractivity contribution in [3.8, 4) is 0 Å². The third-order valence-electron chi connectivity index (χ3n) is 3.92. The highest BCUT2D eigenvalue weighted by Gasteiger charge is 2.41. The highest BCUT2D eigenvalue weighted by molar-refractivity contribution is 5.94. The van der Waals surface area contributed by atoms with E-state index in [0.717, 1.165) is 18.6 Å². The molecule has 2 fully saturated rings. The summed E-state index contributed by atoms with van der Waals surface area (Å²) in [4.78, 5) is 15.5. The number of hydrogen-bond acceptors (Lipinski definition) is 4. The third-order valence-corrected chi connectivity index (χ3v) is 3.92. The maximum atomic E-state index is 11.3. The minimum atomic E-state index is -0.935. The van der Waals surface area contributed by atoms with E-state index in [1.54, 1.807) is 19.2 Å². The molecule has 0 spiro atoms. The molecular weight excluding hydrogens is 244 g/mol. The van der Waals surface area contributed by atoms with Gasteiger partial charge in [0.05, 0.1) is 12.1 Å². The molecule has 1 saturated heterocycles. The number of aromatic nitrogens is 1. The zero-order valence-electron chi connectivity index (χ0n) is 10.9. The Bertz CT molecular complexity index is 499. The second-order valence-electron chi connectivity index (χ2n) is 5.37. The van der Waals surface area contributed by atoms with Gasteiger partial charge in [-0.05, 0) is 43.7 Å². The molecule has 102 valence electrons. The van der Waals surface area contributed by atoms with Crippen LogP contribution in [0.5, 0.6) is 0 Å². The Morgan fingerprint density at radius 3 is 2.95 bits per heavy atom. The molecule has 5 nitrogen and oxygen atoms in total. The van der Waals surface area contributed by atoms with Crippen molar-refractivity contribution in [1.82, 2.24) is 4.98 Å². The number of hydrogen-bond donors (Lipinski definition) is 2. The second kappa shape index (κ2) is 4.81. The first-order valence-electron chi connectivity index (χ1n) is 6.74. The van der Waals surface area contributed by atoms with Gasteiger partial charge in [-0.1, -0.05) is 0 Å². The molecule has 0 amide bonds. The summed E-state index contributed by atoms with van der Waals surface area (Å²) in [6.07, 6.45) is 5.21. The molecule has 0 aromatic carbocycles. The van der Waals surface area contributed by atoms with Gasteiger partial charge in [0.1, 0.15) is 11.4 Å². The lowest BCUT2D eigenvalue weighted by molar-refractivity contribution is 0.0696. The number of ether oxygens (including phenoxy) is 1. The molecule has 0 radical (unpaired) electrons. The second-order valence-corrected chi connectivity index (χ2v) is 5.37. The van der Waals surface area contributed by atoms with Gasteiger partial charge >= 0.3 is 5.97 Å². The van der Waals surface area contributed by atoms with Crippen LogP contribution in [-0.4, -0.2) is 34.8 Å². The standard InChI is InChI=1S/C14H18N2O3/c1-8-4-6-15-13(11(8)14(17)18)16-10-5-7-19-12(10)9-2-3-9/h4,6,9-10,12H,2-3,5,7H2,1H3,(H,15,16)(H,17,18). The van der Waals surface area contributed by atoms with E-state index in [0.29, 0.717) is 11.7 Å². The fourth-order valence-electron chi connectivity index (χ4n) is 2.77. The maximum Gasteiger partial charge on any atom is 0.339 e. The number of nitrogens with zero attached hydrogens (tertiary/aromatic N) is 1. The number of nitrogens with one attached hydrogen (secondary N) is 1. The van der Waals surface area contributed by atoms with Crippen LogP contribution in [0.25, 0.3) is 0 Å². The number of carbonyl (C=O) groups is 1. The summed E-state index contributed by atoms with van der Waals surface area (Å²) in [6.45, 7) is 2.53. The number of carboxylic acid groups (broad SMARTS) is 1. The summed E-state index contributed by atoms with van der Waals surface area (Å²) in [7, 11) is 0. The molecule has 2 heterocycles. The van der Waals surface area contributed by atoms with Gasteiger partial charge in [-0.2, -0.15) is 0 Å². The Labute approximate surface area is 112 Å². The molecule has 2 N–H and O–H groups in total. The van der Waals surface area contributed by atoms with E-state index < -0.39 is 5.97 Å². The van der Waals surface area contributed by atoms with E-state index in [1.807, 2.05) is 0 Å².